The van der Waals surface area contributed by atoms with Gasteiger partial charge in [-0.1, -0.05) is 42.5 Å². The number of benzene rings is 1. The standard InChI is InChI=1S/C15H21N3/c1-11(2)9-17-15(16)18-10-13-8-14(13)12-6-4-3-5-7-12/h3-7,13-14H,1,8-10H2,2H3,(H3,16,17,18). The minimum absolute atomic E-state index is 0.525. The Morgan fingerprint density at radius 2 is 2.17 bits per heavy atom. The Morgan fingerprint density at radius 1 is 1.44 bits per heavy atom. The van der Waals surface area contributed by atoms with Gasteiger partial charge in [0, 0.05) is 6.54 Å². The molecule has 0 heterocycles. The summed E-state index contributed by atoms with van der Waals surface area (Å²) in [6.45, 7) is 7.25. The van der Waals surface area contributed by atoms with Crippen molar-refractivity contribution in [3.63, 3.8) is 0 Å². The second-order valence-corrected chi connectivity index (χ2v) is 5.05. The van der Waals surface area contributed by atoms with Gasteiger partial charge in [-0.3, -0.25) is 0 Å². The molecule has 0 amide bonds. The third kappa shape index (κ3) is 3.62. The van der Waals surface area contributed by atoms with Crippen LogP contribution in [-0.4, -0.2) is 19.0 Å². The van der Waals surface area contributed by atoms with Gasteiger partial charge in [0.05, 0.1) is 6.54 Å². The lowest BCUT2D eigenvalue weighted by Crippen LogP contribution is -2.33. The minimum Gasteiger partial charge on any atom is -0.370 e. The lowest BCUT2D eigenvalue weighted by Gasteiger charge is -2.05. The van der Waals surface area contributed by atoms with Gasteiger partial charge in [0.2, 0.25) is 0 Å². The van der Waals surface area contributed by atoms with Gasteiger partial charge in [-0.05, 0) is 30.7 Å². The first-order chi connectivity index (χ1) is 8.66. The highest BCUT2D eigenvalue weighted by Gasteiger charge is 2.37. The molecule has 2 atom stereocenters. The van der Waals surface area contributed by atoms with E-state index in [-0.39, 0.29) is 0 Å². The van der Waals surface area contributed by atoms with Gasteiger partial charge in [0.25, 0.3) is 0 Å². The second kappa shape index (κ2) is 5.71. The van der Waals surface area contributed by atoms with Crippen molar-refractivity contribution in [2.45, 2.75) is 19.3 Å². The summed E-state index contributed by atoms with van der Waals surface area (Å²) in [5.74, 6) is 1.90. The topological polar surface area (TPSA) is 50.4 Å². The second-order valence-electron chi connectivity index (χ2n) is 5.05. The van der Waals surface area contributed by atoms with Gasteiger partial charge >= 0.3 is 0 Å². The Kier molecular flexibility index (Phi) is 4.03. The van der Waals surface area contributed by atoms with Gasteiger partial charge in [-0.25, -0.2) is 4.99 Å². The summed E-state index contributed by atoms with van der Waals surface area (Å²) in [4.78, 5) is 4.20. The third-order valence-electron chi connectivity index (χ3n) is 3.22. The van der Waals surface area contributed by atoms with Gasteiger partial charge in [-0.2, -0.15) is 0 Å². The molecule has 3 nitrogen and oxygen atoms in total. The monoisotopic (exact) mass is 243 g/mol. The van der Waals surface area contributed by atoms with E-state index in [4.69, 9.17) is 5.73 Å². The summed E-state index contributed by atoms with van der Waals surface area (Å²) < 4.78 is 0. The van der Waals surface area contributed by atoms with E-state index in [0.717, 1.165) is 12.1 Å². The summed E-state index contributed by atoms with van der Waals surface area (Å²) in [6, 6.07) is 10.6. The molecule has 3 N–H and O–H groups in total. The minimum atomic E-state index is 0.525. The largest absolute Gasteiger partial charge is 0.370 e. The Labute approximate surface area is 109 Å². The molecule has 96 valence electrons. The van der Waals surface area contributed by atoms with Crippen LogP contribution in [0, 0.1) is 5.92 Å². The van der Waals surface area contributed by atoms with Crippen molar-refractivity contribution < 1.29 is 0 Å². The number of guanidine groups is 1. The Balaban J connectivity index is 1.74. The Hall–Kier alpha value is -1.77. The van der Waals surface area contributed by atoms with Crippen molar-refractivity contribution in [2.75, 3.05) is 13.1 Å². The Bertz CT molecular complexity index is 436. The van der Waals surface area contributed by atoms with E-state index in [1.807, 2.05) is 6.92 Å². The van der Waals surface area contributed by atoms with Crippen molar-refractivity contribution in [2.24, 2.45) is 16.6 Å². The van der Waals surface area contributed by atoms with E-state index in [0.29, 0.717) is 24.3 Å². The Morgan fingerprint density at radius 3 is 2.83 bits per heavy atom. The summed E-state index contributed by atoms with van der Waals surface area (Å²) >= 11 is 0. The number of nitrogens with two attached hydrogens (primary N) is 1. The first-order valence-corrected chi connectivity index (χ1v) is 6.40. The summed E-state index contributed by atoms with van der Waals surface area (Å²) in [5.41, 5.74) is 8.23. The average molecular weight is 243 g/mol. The van der Waals surface area contributed by atoms with Crippen LogP contribution in [0.4, 0.5) is 0 Å². The van der Waals surface area contributed by atoms with Crippen LogP contribution in [0.5, 0.6) is 0 Å². The molecule has 18 heavy (non-hydrogen) atoms. The number of hydrogen-bond donors (Lipinski definition) is 2. The smallest absolute Gasteiger partial charge is 0.188 e. The van der Waals surface area contributed by atoms with E-state index in [1.54, 1.807) is 0 Å². The van der Waals surface area contributed by atoms with Crippen LogP contribution in [0.2, 0.25) is 0 Å². The maximum atomic E-state index is 5.78. The molecule has 3 heteroatoms. The molecule has 0 aromatic heterocycles. The van der Waals surface area contributed by atoms with E-state index in [9.17, 15) is 0 Å². The van der Waals surface area contributed by atoms with Crippen LogP contribution >= 0.6 is 0 Å². The van der Waals surface area contributed by atoms with Gasteiger partial charge < -0.3 is 11.1 Å². The summed E-state index contributed by atoms with van der Waals surface area (Å²) in [5, 5.41) is 3.19. The zero-order valence-electron chi connectivity index (χ0n) is 10.9. The first kappa shape index (κ1) is 12.7. The number of nitrogens with one attached hydrogen (secondary N) is 1. The average Bonchev–Trinajstić information content (AvgIpc) is 3.14. The van der Waals surface area contributed by atoms with Crippen molar-refractivity contribution in [3.05, 3.63) is 48.0 Å². The fourth-order valence-corrected chi connectivity index (χ4v) is 2.09. The van der Waals surface area contributed by atoms with Crippen LogP contribution in [-0.2, 0) is 0 Å². The fourth-order valence-electron chi connectivity index (χ4n) is 2.09. The highest BCUT2D eigenvalue weighted by molar-refractivity contribution is 5.78. The van der Waals surface area contributed by atoms with Crippen LogP contribution in [0.25, 0.3) is 0 Å². The third-order valence-corrected chi connectivity index (χ3v) is 3.22. The molecule has 1 aliphatic rings. The summed E-state index contributed by atoms with van der Waals surface area (Å²) in [7, 11) is 0. The lowest BCUT2D eigenvalue weighted by molar-refractivity contribution is 0.741. The molecule has 0 aliphatic heterocycles. The van der Waals surface area contributed by atoms with Crippen molar-refractivity contribution in [1.82, 2.24) is 5.32 Å². The maximum Gasteiger partial charge on any atom is 0.188 e. The first-order valence-electron chi connectivity index (χ1n) is 6.40. The fraction of sp³-hybridized carbons (Fsp3) is 0.400. The van der Waals surface area contributed by atoms with Crippen LogP contribution in [0.15, 0.2) is 47.5 Å². The van der Waals surface area contributed by atoms with Crippen molar-refractivity contribution in [1.29, 1.82) is 0 Å². The summed E-state index contributed by atoms with van der Waals surface area (Å²) in [6.07, 6.45) is 1.24. The molecule has 0 bridgehead atoms. The number of rotatable bonds is 5. The number of aliphatic imine (C=N–C) groups is 1. The molecule has 1 aliphatic carbocycles. The molecule has 1 aromatic rings. The molecule has 0 spiro atoms. The molecule has 0 radical (unpaired) electrons. The molecular formula is C15H21N3. The zero-order chi connectivity index (χ0) is 13.0. The van der Waals surface area contributed by atoms with E-state index in [2.05, 4.69) is 47.2 Å². The maximum absolute atomic E-state index is 5.78. The van der Waals surface area contributed by atoms with Crippen molar-refractivity contribution >= 4 is 5.96 Å². The predicted octanol–water partition coefficient (Wildman–Crippen LogP) is 2.27. The van der Waals surface area contributed by atoms with Crippen molar-refractivity contribution in [3.8, 4) is 0 Å². The highest BCUT2D eigenvalue weighted by Crippen LogP contribution is 2.46. The SMILES string of the molecule is C=C(C)CN=C(N)NCC1CC1c1ccccc1. The molecule has 2 unspecified atom stereocenters. The van der Waals surface area contributed by atoms with Gasteiger partial charge in [-0.15, -0.1) is 0 Å². The van der Waals surface area contributed by atoms with E-state index in [1.165, 1.54) is 12.0 Å². The van der Waals surface area contributed by atoms with Crippen LogP contribution in [0.3, 0.4) is 0 Å². The zero-order valence-corrected chi connectivity index (χ0v) is 10.9. The molecule has 0 saturated heterocycles. The highest BCUT2D eigenvalue weighted by atomic mass is 15.1. The molecular weight excluding hydrogens is 222 g/mol. The molecule has 1 aromatic carbocycles. The van der Waals surface area contributed by atoms with E-state index >= 15 is 0 Å². The molecule has 1 fully saturated rings. The lowest BCUT2D eigenvalue weighted by atomic mass is 10.1. The normalized spacial score (nSPS) is 22.6. The van der Waals surface area contributed by atoms with Crippen LogP contribution < -0.4 is 11.1 Å². The number of nitrogens with zero attached hydrogens (tertiary/aromatic N) is 1. The molecule has 2 rings (SSSR count). The molecule has 1 saturated carbocycles. The quantitative estimate of drug-likeness (QED) is 0.473. The van der Waals surface area contributed by atoms with Gasteiger partial charge in [0.1, 0.15) is 0 Å². The predicted molar refractivity (Wildman–Crippen MR) is 76.6 cm³/mol. The van der Waals surface area contributed by atoms with Gasteiger partial charge in [0.15, 0.2) is 5.96 Å². The van der Waals surface area contributed by atoms with Crippen LogP contribution in [0.1, 0.15) is 24.8 Å². The number of hydrogen-bond acceptors (Lipinski definition) is 1. The van der Waals surface area contributed by atoms with E-state index < -0.39 is 0 Å².